The standard InChI is InChI=1S/C10H13N3O2S/c14-13(15)9-1-2-10(12-6-9)16-7-8-3-4-11-5-8/h1-2,6,8,11H,3-5,7H2. The first-order chi connectivity index (χ1) is 7.75. The number of hydrogen-bond donors (Lipinski definition) is 1. The second-order valence-corrected chi connectivity index (χ2v) is 4.82. The lowest BCUT2D eigenvalue weighted by Gasteiger charge is -2.06. The Labute approximate surface area is 97.8 Å². The third kappa shape index (κ3) is 2.93. The van der Waals surface area contributed by atoms with Crippen molar-refractivity contribution in [3.63, 3.8) is 0 Å². The van der Waals surface area contributed by atoms with Gasteiger partial charge in [0.25, 0.3) is 5.69 Å². The predicted molar refractivity (Wildman–Crippen MR) is 62.6 cm³/mol. The fraction of sp³-hybridized carbons (Fsp3) is 0.500. The van der Waals surface area contributed by atoms with Crippen molar-refractivity contribution in [3.8, 4) is 0 Å². The molecule has 6 heteroatoms. The number of nitro groups is 1. The minimum absolute atomic E-state index is 0.0480. The monoisotopic (exact) mass is 239 g/mol. The Morgan fingerprint density at radius 3 is 3.06 bits per heavy atom. The molecule has 0 aliphatic carbocycles. The van der Waals surface area contributed by atoms with E-state index in [0.29, 0.717) is 5.92 Å². The Morgan fingerprint density at radius 2 is 2.50 bits per heavy atom. The average molecular weight is 239 g/mol. The van der Waals surface area contributed by atoms with Gasteiger partial charge in [0.05, 0.1) is 9.95 Å². The van der Waals surface area contributed by atoms with Crippen LogP contribution in [0.3, 0.4) is 0 Å². The molecule has 5 nitrogen and oxygen atoms in total. The number of pyridine rings is 1. The summed E-state index contributed by atoms with van der Waals surface area (Å²) >= 11 is 1.66. The summed E-state index contributed by atoms with van der Waals surface area (Å²) in [6.45, 7) is 2.17. The van der Waals surface area contributed by atoms with Crippen LogP contribution < -0.4 is 5.32 Å². The van der Waals surface area contributed by atoms with Crippen LogP contribution in [0.25, 0.3) is 0 Å². The fourth-order valence-electron chi connectivity index (χ4n) is 1.63. The average Bonchev–Trinajstić information content (AvgIpc) is 2.80. The molecule has 16 heavy (non-hydrogen) atoms. The molecule has 1 aromatic heterocycles. The van der Waals surface area contributed by atoms with Gasteiger partial charge in [0.1, 0.15) is 6.20 Å². The minimum Gasteiger partial charge on any atom is -0.316 e. The number of nitrogens with zero attached hydrogens (tertiary/aromatic N) is 2. The molecule has 0 spiro atoms. The Kier molecular flexibility index (Phi) is 3.74. The van der Waals surface area contributed by atoms with E-state index in [4.69, 9.17) is 0 Å². The van der Waals surface area contributed by atoms with Crippen LogP contribution in [0.1, 0.15) is 6.42 Å². The van der Waals surface area contributed by atoms with Gasteiger partial charge in [0.2, 0.25) is 0 Å². The van der Waals surface area contributed by atoms with E-state index >= 15 is 0 Å². The highest BCUT2D eigenvalue weighted by Crippen LogP contribution is 2.22. The van der Waals surface area contributed by atoms with Gasteiger partial charge in [0.15, 0.2) is 0 Å². The zero-order valence-corrected chi connectivity index (χ0v) is 9.57. The Balaban J connectivity index is 1.87. The molecule has 2 rings (SSSR count). The zero-order chi connectivity index (χ0) is 11.4. The van der Waals surface area contributed by atoms with Crippen molar-refractivity contribution in [1.82, 2.24) is 10.3 Å². The van der Waals surface area contributed by atoms with E-state index in [2.05, 4.69) is 10.3 Å². The second kappa shape index (κ2) is 5.27. The molecule has 0 radical (unpaired) electrons. The molecule has 1 aliphatic rings. The first kappa shape index (κ1) is 11.3. The molecule has 1 saturated heterocycles. The lowest BCUT2D eigenvalue weighted by molar-refractivity contribution is -0.385. The number of rotatable bonds is 4. The van der Waals surface area contributed by atoms with Crippen molar-refractivity contribution in [2.45, 2.75) is 11.4 Å². The number of thioether (sulfide) groups is 1. The van der Waals surface area contributed by atoms with E-state index in [9.17, 15) is 10.1 Å². The smallest absolute Gasteiger partial charge is 0.287 e. The van der Waals surface area contributed by atoms with Gasteiger partial charge in [-0.05, 0) is 31.5 Å². The summed E-state index contributed by atoms with van der Waals surface area (Å²) in [7, 11) is 0. The largest absolute Gasteiger partial charge is 0.316 e. The molecule has 1 unspecified atom stereocenters. The van der Waals surface area contributed by atoms with Crippen LogP contribution in [-0.4, -0.2) is 28.7 Å². The second-order valence-electron chi connectivity index (χ2n) is 3.78. The SMILES string of the molecule is O=[N+]([O-])c1ccc(SCC2CCNC2)nc1. The molecule has 0 amide bonds. The normalized spacial score (nSPS) is 19.9. The summed E-state index contributed by atoms with van der Waals surface area (Å²) < 4.78 is 0. The summed E-state index contributed by atoms with van der Waals surface area (Å²) in [5.74, 6) is 1.72. The van der Waals surface area contributed by atoms with E-state index in [1.54, 1.807) is 17.8 Å². The molecule has 0 bridgehead atoms. The molecule has 0 aromatic carbocycles. The van der Waals surface area contributed by atoms with Crippen molar-refractivity contribution in [2.24, 2.45) is 5.92 Å². The maximum atomic E-state index is 10.4. The highest BCUT2D eigenvalue weighted by atomic mass is 32.2. The van der Waals surface area contributed by atoms with Gasteiger partial charge in [-0.3, -0.25) is 10.1 Å². The lowest BCUT2D eigenvalue weighted by atomic mass is 10.2. The summed E-state index contributed by atoms with van der Waals surface area (Å²) in [4.78, 5) is 14.1. The van der Waals surface area contributed by atoms with E-state index < -0.39 is 4.92 Å². The van der Waals surface area contributed by atoms with E-state index in [1.807, 2.05) is 0 Å². The molecule has 1 fully saturated rings. The number of aromatic nitrogens is 1. The van der Waals surface area contributed by atoms with Crippen molar-refractivity contribution >= 4 is 17.4 Å². The van der Waals surface area contributed by atoms with Crippen LogP contribution in [0.2, 0.25) is 0 Å². The summed E-state index contributed by atoms with van der Waals surface area (Å²) in [6.07, 6.45) is 2.52. The maximum Gasteiger partial charge on any atom is 0.287 e. The minimum atomic E-state index is -0.428. The van der Waals surface area contributed by atoms with Gasteiger partial charge >= 0.3 is 0 Å². The first-order valence-corrected chi connectivity index (χ1v) is 6.18. The lowest BCUT2D eigenvalue weighted by Crippen LogP contribution is -2.10. The molecule has 86 valence electrons. The van der Waals surface area contributed by atoms with Gasteiger partial charge in [-0.15, -0.1) is 11.8 Å². The molecule has 2 heterocycles. The highest BCUT2D eigenvalue weighted by molar-refractivity contribution is 7.99. The van der Waals surface area contributed by atoms with Gasteiger partial charge in [-0.2, -0.15) is 0 Å². The maximum absolute atomic E-state index is 10.4. The van der Waals surface area contributed by atoms with Gasteiger partial charge in [-0.1, -0.05) is 0 Å². The van der Waals surface area contributed by atoms with Crippen molar-refractivity contribution in [3.05, 3.63) is 28.4 Å². The summed E-state index contributed by atoms with van der Waals surface area (Å²) in [5.41, 5.74) is 0.0480. The van der Waals surface area contributed by atoms with Gasteiger partial charge < -0.3 is 5.32 Å². The topological polar surface area (TPSA) is 68.1 Å². The molecule has 1 N–H and O–H groups in total. The highest BCUT2D eigenvalue weighted by Gasteiger charge is 2.15. The Bertz CT molecular complexity index is 363. The quantitative estimate of drug-likeness (QED) is 0.492. The van der Waals surface area contributed by atoms with Crippen LogP contribution in [-0.2, 0) is 0 Å². The van der Waals surface area contributed by atoms with E-state index in [1.165, 1.54) is 18.7 Å². The van der Waals surface area contributed by atoms with Gasteiger partial charge in [-0.25, -0.2) is 4.98 Å². The molecular weight excluding hydrogens is 226 g/mol. The Morgan fingerprint density at radius 1 is 1.62 bits per heavy atom. The molecule has 1 aromatic rings. The third-order valence-electron chi connectivity index (χ3n) is 2.56. The van der Waals surface area contributed by atoms with Crippen molar-refractivity contribution in [2.75, 3.05) is 18.8 Å². The number of nitrogens with one attached hydrogen (secondary N) is 1. The van der Waals surface area contributed by atoms with Gasteiger partial charge in [0, 0.05) is 11.8 Å². The summed E-state index contributed by atoms with van der Waals surface area (Å²) in [6, 6.07) is 3.22. The van der Waals surface area contributed by atoms with Crippen LogP contribution in [0.15, 0.2) is 23.4 Å². The fourth-order valence-corrected chi connectivity index (χ4v) is 2.61. The zero-order valence-electron chi connectivity index (χ0n) is 8.76. The first-order valence-electron chi connectivity index (χ1n) is 5.19. The third-order valence-corrected chi connectivity index (χ3v) is 3.74. The molecule has 1 aliphatic heterocycles. The molecule has 1 atom stereocenters. The van der Waals surface area contributed by atoms with E-state index in [-0.39, 0.29) is 5.69 Å². The van der Waals surface area contributed by atoms with Crippen LogP contribution >= 0.6 is 11.8 Å². The van der Waals surface area contributed by atoms with Crippen LogP contribution in [0.4, 0.5) is 5.69 Å². The summed E-state index contributed by atoms with van der Waals surface area (Å²) in [5, 5.41) is 14.6. The number of hydrogen-bond acceptors (Lipinski definition) is 5. The van der Waals surface area contributed by atoms with Crippen molar-refractivity contribution in [1.29, 1.82) is 0 Å². The molecule has 0 saturated carbocycles. The van der Waals surface area contributed by atoms with Crippen LogP contribution in [0.5, 0.6) is 0 Å². The molecular formula is C10H13N3O2S. The van der Waals surface area contributed by atoms with Crippen LogP contribution in [0, 0.1) is 16.0 Å². The van der Waals surface area contributed by atoms with E-state index in [0.717, 1.165) is 23.9 Å². The van der Waals surface area contributed by atoms with Crippen molar-refractivity contribution < 1.29 is 4.92 Å². The Hall–Kier alpha value is -1.14. The predicted octanol–water partition coefficient (Wildman–Crippen LogP) is 1.69.